The fourth-order valence-electron chi connectivity index (χ4n) is 5.49. The minimum absolute atomic E-state index is 0.0670. The number of imide groups is 1. The second kappa shape index (κ2) is 12.8. The summed E-state index contributed by atoms with van der Waals surface area (Å²) in [5.74, 6) is 0.0572. The van der Waals surface area contributed by atoms with Crippen LogP contribution >= 0.6 is 0 Å². The molecule has 3 amide bonds. The van der Waals surface area contributed by atoms with Crippen molar-refractivity contribution in [2.24, 2.45) is 5.92 Å². The van der Waals surface area contributed by atoms with Crippen molar-refractivity contribution in [3.05, 3.63) is 72.7 Å². The Bertz CT molecular complexity index is 1570. The van der Waals surface area contributed by atoms with Gasteiger partial charge in [0.1, 0.15) is 11.8 Å². The summed E-state index contributed by atoms with van der Waals surface area (Å²) >= 11 is 0. The van der Waals surface area contributed by atoms with Crippen LogP contribution in [0, 0.1) is 11.7 Å². The number of rotatable bonds is 10. The Morgan fingerprint density at radius 2 is 1.91 bits per heavy atom. The Morgan fingerprint density at radius 3 is 2.67 bits per heavy atom. The number of carbonyl (C=O) groups excluding carboxylic acids is 2. The lowest BCUT2D eigenvalue weighted by Crippen LogP contribution is -2.37. The van der Waals surface area contributed by atoms with Crippen LogP contribution in [0.1, 0.15) is 12.8 Å². The highest BCUT2D eigenvalue weighted by Gasteiger charge is 2.42. The van der Waals surface area contributed by atoms with Crippen LogP contribution in [0.15, 0.2) is 66.9 Å². The summed E-state index contributed by atoms with van der Waals surface area (Å²) in [7, 11) is 1.55. The molecule has 224 valence electrons. The number of urea groups is 1. The predicted molar refractivity (Wildman–Crippen MR) is 158 cm³/mol. The number of hydrogen-bond acceptors (Lipinski definition) is 8. The van der Waals surface area contributed by atoms with E-state index < -0.39 is 23.8 Å². The quantitative estimate of drug-likeness (QED) is 0.265. The van der Waals surface area contributed by atoms with E-state index in [0.717, 1.165) is 50.2 Å². The lowest BCUT2D eigenvalue weighted by atomic mass is 9.92. The molecule has 2 fully saturated rings. The number of nitrogens with zero attached hydrogens (tertiary/aromatic N) is 3. The van der Waals surface area contributed by atoms with Crippen LogP contribution in [-0.2, 0) is 9.53 Å². The van der Waals surface area contributed by atoms with E-state index in [0.29, 0.717) is 41.2 Å². The molecule has 0 spiro atoms. The SMILES string of the molecule is COc1cc2c(Oc3ccc(N4C(=O)N[C@H](C5C=CC=CC5)C4=O)cc3F)ccnc2cc1OCCCN1CCOCC1. The molecule has 3 aliphatic rings. The monoisotopic (exact) mass is 588 g/mol. The smallest absolute Gasteiger partial charge is 0.329 e. The molecule has 2 atom stereocenters. The van der Waals surface area contributed by atoms with E-state index >= 15 is 4.39 Å². The summed E-state index contributed by atoms with van der Waals surface area (Å²) < 4.78 is 38.3. The highest BCUT2D eigenvalue weighted by atomic mass is 19.1. The van der Waals surface area contributed by atoms with Crippen molar-refractivity contribution >= 4 is 28.5 Å². The van der Waals surface area contributed by atoms with E-state index in [2.05, 4.69) is 15.2 Å². The molecule has 1 aliphatic carbocycles. The number of aromatic nitrogens is 1. The van der Waals surface area contributed by atoms with Crippen molar-refractivity contribution < 1.29 is 32.9 Å². The van der Waals surface area contributed by atoms with E-state index in [4.69, 9.17) is 18.9 Å². The van der Waals surface area contributed by atoms with Crippen molar-refractivity contribution in [2.45, 2.75) is 18.9 Å². The van der Waals surface area contributed by atoms with Gasteiger partial charge < -0.3 is 24.3 Å². The van der Waals surface area contributed by atoms with Gasteiger partial charge in [-0.25, -0.2) is 14.1 Å². The summed E-state index contributed by atoms with van der Waals surface area (Å²) in [5, 5.41) is 3.33. The number of methoxy groups -OCH3 is 1. The zero-order valence-corrected chi connectivity index (χ0v) is 23.8. The number of ether oxygens (including phenoxy) is 4. The molecule has 1 N–H and O–H groups in total. The highest BCUT2D eigenvalue weighted by Crippen LogP contribution is 2.38. The third kappa shape index (κ3) is 6.18. The number of benzene rings is 2. The Hall–Kier alpha value is -4.48. The fourth-order valence-corrected chi connectivity index (χ4v) is 5.49. The van der Waals surface area contributed by atoms with Gasteiger partial charge in [-0.1, -0.05) is 24.3 Å². The van der Waals surface area contributed by atoms with E-state index in [1.165, 1.54) is 12.1 Å². The van der Waals surface area contributed by atoms with E-state index in [-0.39, 0.29) is 17.4 Å². The second-order valence-corrected chi connectivity index (χ2v) is 10.5. The maximum atomic E-state index is 15.3. The van der Waals surface area contributed by atoms with Crippen LogP contribution in [0.25, 0.3) is 10.9 Å². The molecule has 2 saturated heterocycles. The third-order valence-corrected chi connectivity index (χ3v) is 7.77. The van der Waals surface area contributed by atoms with Gasteiger partial charge in [-0.15, -0.1) is 0 Å². The molecule has 1 unspecified atom stereocenters. The number of allylic oxidation sites excluding steroid dienone is 3. The van der Waals surface area contributed by atoms with Crippen molar-refractivity contribution in [1.82, 2.24) is 15.2 Å². The van der Waals surface area contributed by atoms with Crippen LogP contribution in [0.2, 0.25) is 0 Å². The zero-order valence-electron chi connectivity index (χ0n) is 23.8. The standard InChI is InChI=1S/C32H33FN4O6/c1-40-28-19-23-25(20-29(28)42-15-5-12-36-13-16-41-17-14-36)34-11-10-26(23)43-27-9-8-22(18-24(27)33)37-31(38)30(35-32(37)39)21-6-3-2-4-7-21/h2-4,6,8-11,18-21,30H,5,7,12-17H2,1H3,(H,35,39)/t21?,30-/m1/s1. The first-order valence-electron chi connectivity index (χ1n) is 14.4. The lowest BCUT2D eigenvalue weighted by Gasteiger charge is -2.26. The summed E-state index contributed by atoms with van der Waals surface area (Å²) in [6.07, 6.45) is 10.6. The first-order chi connectivity index (χ1) is 21.0. The van der Waals surface area contributed by atoms with Crippen molar-refractivity contribution in [1.29, 1.82) is 0 Å². The minimum atomic E-state index is -0.723. The number of pyridine rings is 1. The average molecular weight is 589 g/mol. The zero-order chi connectivity index (χ0) is 29.8. The Balaban J connectivity index is 1.16. The number of anilines is 1. The van der Waals surface area contributed by atoms with Crippen LogP contribution in [-0.4, -0.2) is 74.4 Å². The maximum absolute atomic E-state index is 15.3. The summed E-state index contributed by atoms with van der Waals surface area (Å²) in [4.78, 5) is 33.5. The van der Waals surface area contributed by atoms with Gasteiger partial charge in [0.2, 0.25) is 0 Å². The third-order valence-electron chi connectivity index (χ3n) is 7.77. The van der Waals surface area contributed by atoms with Gasteiger partial charge in [-0.3, -0.25) is 14.7 Å². The predicted octanol–water partition coefficient (Wildman–Crippen LogP) is 4.83. The van der Waals surface area contributed by atoms with E-state index in [9.17, 15) is 9.59 Å². The summed E-state index contributed by atoms with van der Waals surface area (Å²) in [6, 6.07) is 7.88. The molecule has 2 aliphatic heterocycles. The molecule has 3 heterocycles. The molecule has 43 heavy (non-hydrogen) atoms. The van der Waals surface area contributed by atoms with E-state index in [1.54, 1.807) is 31.5 Å². The molecular weight excluding hydrogens is 555 g/mol. The van der Waals surface area contributed by atoms with Crippen LogP contribution in [0.4, 0.5) is 14.9 Å². The van der Waals surface area contributed by atoms with Gasteiger partial charge in [-0.05, 0) is 37.1 Å². The number of nitrogens with one attached hydrogen (secondary N) is 1. The van der Waals surface area contributed by atoms with E-state index in [1.807, 2.05) is 24.3 Å². The molecule has 0 bridgehead atoms. The van der Waals surface area contributed by atoms with Gasteiger partial charge in [0.05, 0.1) is 38.1 Å². The number of amides is 3. The van der Waals surface area contributed by atoms with Crippen molar-refractivity contribution in [3.8, 4) is 23.0 Å². The number of fused-ring (bicyclic) bond motifs is 1. The molecule has 6 rings (SSSR count). The van der Waals surface area contributed by atoms with Crippen LogP contribution in [0.3, 0.4) is 0 Å². The highest BCUT2D eigenvalue weighted by molar-refractivity contribution is 6.21. The van der Waals surface area contributed by atoms with Crippen molar-refractivity contribution in [3.63, 3.8) is 0 Å². The van der Waals surface area contributed by atoms with Gasteiger partial charge in [-0.2, -0.15) is 0 Å². The van der Waals surface area contributed by atoms with Gasteiger partial charge in [0.25, 0.3) is 5.91 Å². The molecule has 2 aromatic carbocycles. The molecule has 3 aromatic rings. The molecule has 1 aromatic heterocycles. The normalized spacial score (nSPS) is 20.5. The topological polar surface area (TPSA) is 102 Å². The van der Waals surface area contributed by atoms with Crippen LogP contribution in [0.5, 0.6) is 23.0 Å². The van der Waals surface area contributed by atoms with Gasteiger partial charge >= 0.3 is 6.03 Å². The maximum Gasteiger partial charge on any atom is 0.329 e. The molecule has 0 radical (unpaired) electrons. The molecular formula is C32H33FN4O6. The number of halogens is 1. The Labute approximate surface area is 248 Å². The summed E-state index contributed by atoms with van der Waals surface area (Å²) in [5.41, 5.74) is 0.720. The summed E-state index contributed by atoms with van der Waals surface area (Å²) in [6.45, 7) is 4.81. The number of morpholine rings is 1. The number of carbonyl (C=O) groups is 2. The average Bonchev–Trinajstić information content (AvgIpc) is 3.34. The first kappa shape index (κ1) is 28.6. The largest absolute Gasteiger partial charge is 0.493 e. The van der Waals surface area contributed by atoms with Crippen molar-refractivity contribution in [2.75, 3.05) is 51.5 Å². The molecule has 11 heteroatoms. The van der Waals surface area contributed by atoms with Gasteiger partial charge in [0.15, 0.2) is 23.1 Å². The fraction of sp³-hybridized carbons (Fsp3) is 0.344. The molecule has 10 nitrogen and oxygen atoms in total. The lowest BCUT2D eigenvalue weighted by molar-refractivity contribution is -0.119. The molecule has 0 saturated carbocycles. The Morgan fingerprint density at radius 1 is 1.05 bits per heavy atom. The first-order valence-corrected chi connectivity index (χ1v) is 14.4. The minimum Gasteiger partial charge on any atom is -0.493 e. The Kier molecular flexibility index (Phi) is 8.52. The van der Waals surface area contributed by atoms with Gasteiger partial charge in [0, 0.05) is 49.3 Å². The second-order valence-electron chi connectivity index (χ2n) is 10.5. The van der Waals surface area contributed by atoms with Crippen LogP contribution < -0.4 is 24.4 Å². The number of hydrogen-bond donors (Lipinski definition) is 1.